The second-order valence-electron chi connectivity index (χ2n) is 6.92. The fourth-order valence-corrected chi connectivity index (χ4v) is 3.54. The van der Waals surface area contributed by atoms with Crippen LogP contribution in [0.2, 0.25) is 0 Å². The summed E-state index contributed by atoms with van der Waals surface area (Å²) in [6.45, 7) is 6.48. The Morgan fingerprint density at radius 3 is 2.21 bits per heavy atom. The van der Waals surface area contributed by atoms with Gasteiger partial charge in [-0.05, 0) is 49.1 Å². The van der Waals surface area contributed by atoms with E-state index in [-0.39, 0.29) is 11.9 Å². The lowest BCUT2D eigenvalue weighted by Gasteiger charge is -2.30. The van der Waals surface area contributed by atoms with E-state index in [0.717, 1.165) is 30.6 Å². The number of hydrogen-bond acceptors (Lipinski definition) is 5. The van der Waals surface area contributed by atoms with E-state index in [2.05, 4.69) is 17.0 Å². The van der Waals surface area contributed by atoms with Gasteiger partial charge in [0.05, 0.1) is 24.4 Å². The summed E-state index contributed by atoms with van der Waals surface area (Å²) < 4.78 is 10.4. The highest BCUT2D eigenvalue weighted by Crippen LogP contribution is 2.29. The lowest BCUT2D eigenvalue weighted by atomic mass is 9.92. The molecule has 0 spiro atoms. The van der Waals surface area contributed by atoms with E-state index in [1.165, 1.54) is 5.56 Å². The van der Waals surface area contributed by atoms with Crippen molar-refractivity contribution in [3.05, 3.63) is 76.9 Å². The second kappa shape index (κ2) is 10.0. The minimum absolute atomic E-state index is 0.269. The van der Waals surface area contributed by atoms with E-state index in [9.17, 15) is 9.59 Å². The maximum Gasteiger partial charge on any atom is 0.338 e. The van der Waals surface area contributed by atoms with Gasteiger partial charge in [0.15, 0.2) is 0 Å². The molecule has 1 aliphatic rings. The van der Waals surface area contributed by atoms with Crippen LogP contribution < -0.4 is 0 Å². The average molecular weight is 393 g/mol. The van der Waals surface area contributed by atoms with Crippen molar-refractivity contribution in [1.29, 1.82) is 0 Å². The Morgan fingerprint density at radius 1 is 0.897 bits per heavy atom. The van der Waals surface area contributed by atoms with Crippen LogP contribution in [0.25, 0.3) is 5.57 Å². The number of rotatable bonds is 7. The van der Waals surface area contributed by atoms with Gasteiger partial charge in [0.1, 0.15) is 0 Å². The highest BCUT2D eigenvalue weighted by molar-refractivity contribution is 5.99. The Kier molecular flexibility index (Phi) is 7.19. The molecule has 1 aliphatic heterocycles. The van der Waals surface area contributed by atoms with Crippen molar-refractivity contribution in [3.63, 3.8) is 0 Å². The van der Waals surface area contributed by atoms with E-state index >= 15 is 0 Å². The maximum absolute atomic E-state index is 12.7. The molecule has 2 aromatic carbocycles. The number of hydrogen-bond donors (Lipinski definition) is 0. The van der Waals surface area contributed by atoms with Crippen LogP contribution in [0, 0.1) is 0 Å². The van der Waals surface area contributed by atoms with Gasteiger partial charge in [-0.2, -0.15) is 0 Å². The lowest BCUT2D eigenvalue weighted by Crippen LogP contribution is -2.34. The Morgan fingerprint density at radius 2 is 1.55 bits per heavy atom. The molecule has 5 heteroatoms. The van der Waals surface area contributed by atoms with Crippen molar-refractivity contribution in [2.45, 2.75) is 26.8 Å². The first kappa shape index (κ1) is 20.8. The minimum atomic E-state index is -0.337. The Bertz CT molecular complexity index is 872. The molecule has 0 unspecified atom stereocenters. The molecule has 0 N–H and O–H groups in total. The van der Waals surface area contributed by atoms with Crippen LogP contribution in [-0.4, -0.2) is 43.1 Å². The molecule has 0 bridgehead atoms. The molecule has 29 heavy (non-hydrogen) atoms. The normalized spacial score (nSPS) is 14.6. The predicted molar refractivity (Wildman–Crippen MR) is 112 cm³/mol. The molecule has 5 nitrogen and oxygen atoms in total. The highest BCUT2D eigenvalue weighted by atomic mass is 16.5. The van der Waals surface area contributed by atoms with Gasteiger partial charge in [0.2, 0.25) is 0 Å². The first-order chi connectivity index (χ1) is 14.1. The third kappa shape index (κ3) is 5.33. The molecule has 0 amide bonds. The Labute approximate surface area is 171 Å². The summed E-state index contributed by atoms with van der Waals surface area (Å²) in [7, 11) is 0. The van der Waals surface area contributed by atoms with Crippen molar-refractivity contribution < 1.29 is 19.1 Å². The van der Waals surface area contributed by atoms with Gasteiger partial charge < -0.3 is 9.47 Å². The molecule has 2 aromatic rings. The third-order valence-corrected chi connectivity index (χ3v) is 4.94. The second-order valence-corrected chi connectivity index (χ2v) is 6.92. The maximum atomic E-state index is 12.7. The highest BCUT2D eigenvalue weighted by Gasteiger charge is 2.26. The zero-order valence-corrected chi connectivity index (χ0v) is 17.0. The van der Waals surface area contributed by atoms with Gasteiger partial charge in [-0.3, -0.25) is 4.90 Å². The quantitative estimate of drug-likeness (QED) is 0.664. The molecule has 0 saturated heterocycles. The number of benzene rings is 2. The van der Waals surface area contributed by atoms with Gasteiger partial charge >= 0.3 is 11.9 Å². The molecule has 152 valence electrons. The van der Waals surface area contributed by atoms with E-state index < -0.39 is 0 Å². The SMILES string of the molecule is CCOC(=O)C1=C(c2ccc(C(=O)OCC)cc2)CCN(Cc2ccccc2)C1. The smallest absolute Gasteiger partial charge is 0.338 e. The molecule has 0 fully saturated rings. The van der Waals surface area contributed by atoms with E-state index in [0.29, 0.717) is 30.9 Å². The summed E-state index contributed by atoms with van der Waals surface area (Å²) in [5.41, 5.74) is 4.36. The van der Waals surface area contributed by atoms with Gasteiger partial charge in [0.25, 0.3) is 0 Å². The standard InChI is InChI=1S/C24H27NO4/c1-3-28-23(26)20-12-10-19(11-13-20)21-14-15-25(16-18-8-6-5-7-9-18)17-22(21)24(27)29-4-2/h5-13H,3-4,14-17H2,1-2H3. The molecule has 0 radical (unpaired) electrons. The molecule has 1 heterocycles. The van der Waals surface area contributed by atoms with Gasteiger partial charge in [-0.25, -0.2) is 9.59 Å². The molecular weight excluding hydrogens is 366 g/mol. The predicted octanol–water partition coefficient (Wildman–Crippen LogP) is 4.09. The number of carbonyl (C=O) groups is 2. The largest absolute Gasteiger partial charge is 0.463 e. The van der Waals surface area contributed by atoms with Gasteiger partial charge in [-0.1, -0.05) is 42.5 Å². The topological polar surface area (TPSA) is 55.8 Å². The summed E-state index contributed by atoms with van der Waals surface area (Å²) in [6, 6.07) is 17.5. The van der Waals surface area contributed by atoms with Crippen LogP contribution in [-0.2, 0) is 20.8 Å². The van der Waals surface area contributed by atoms with Crippen LogP contribution >= 0.6 is 0 Å². The molecule has 3 rings (SSSR count). The van der Waals surface area contributed by atoms with E-state index in [4.69, 9.17) is 9.47 Å². The van der Waals surface area contributed by atoms with Crippen molar-refractivity contribution >= 4 is 17.5 Å². The summed E-state index contributed by atoms with van der Waals surface area (Å²) in [5.74, 6) is -0.606. The molecule has 0 aliphatic carbocycles. The first-order valence-corrected chi connectivity index (χ1v) is 10.0. The Hall–Kier alpha value is -2.92. The van der Waals surface area contributed by atoms with Crippen LogP contribution in [0.3, 0.4) is 0 Å². The van der Waals surface area contributed by atoms with Crippen molar-refractivity contribution in [3.8, 4) is 0 Å². The number of esters is 2. The summed E-state index contributed by atoms with van der Waals surface area (Å²) >= 11 is 0. The zero-order valence-electron chi connectivity index (χ0n) is 17.0. The fourth-order valence-electron chi connectivity index (χ4n) is 3.54. The van der Waals surface area contributed by atoms with Crippen LogP contribution in [0.5, 0.6) is 0 Å². The fraction of sp³-hybridized carbons (Fsp3) is 0.333. The molecule has 0 saturated carbocycles. The zero-order chi connectivity index (χ0) is 20.6. The van der Waals surface area contributed by atoms with E-state index in [1.807, 2.05) is 37.3 Å². The van der Waals surface area contributed by atoms with E-state index in [1.54, 1.807) is 19.1 Å². The van der Waals surface area contributed by atoms with Gasteiger partial charge in [0, 0.05) is 19.6 Å². The third-order valence-electron chi connectivity index (χ3n) is 4.94. The van der Waals surface area contributed by atoms with Crippen LogP contribution in [0.4, 0.5) is 0 Å². The van der Waals surface area contributed by atoms with Gasteiger partial charge in [-0.15, -0.1) is 0 Å². The first-order valence-electron chi connectivity index (χ1n) is 10.0. The van der Waals surface area contributed by atoms with Crippen LogP contribution in [0.15, 0.2) is 60.2 Å². The summed E-state index contributed by atoms with van der Waals surface area (Å²) in [4.78, 5) is 26.8. The minimum Gasteiger partial charge on any atom is -0.463 e. The van der Waals surface area contributed by atoms with Crippen molar-refractivity contribution in [2.24, 2.45) is 0 Å². The number of ether oxygens (including phenoxy) is 2. The number of carbonyl (C=O) groups excluding carboxylic acids is 2. The van der Waals surface area contributed by atoms with Crippen LogP contribution in [0.1, 0.15) is 41.8 Å². The number of nitrogens with zero attached hydrogens (tertiary/aromatic N) is 1. The summed E-state index contributed by atoms with van der Waals surface area (Å²) in [6.07, 6.45) is 0.750. The molecule has 0 aromatic heterocycles. The van der Waals surface area contributed by atoms with Crippen molar-refractivity contribution in [1.82, 2.24) is 4.90 Å². The van der Waals surface area contributed by atoms with Crippen molar-refractivity contribution in [2.75, 3.05) is 26.3 Å². The Balaban J connectivity index is 1.84. The average Bonchev–Trinajstić information content (AvgIpc) is 2.75. The summed E-state index contributed by atoms with van der Waals surface area (Å²) in [5, 5.41) is 0. The lowest BCUT2D eigenvalue weighted by molar-refractivity contribution is -0.138. The monoisotopic (exact) mass is 393 g/mol. The molecular formula is C24H27NO4. The molecule has 0 atom stereocenters.